The topological polar surface area (TPSA) is 88.3 Å². The molecule has 0 saturated heterocycles. The standard InChI is InChI=1S/C15H14N2O4/c1-2-21-15(20)10-4-3-5-11(8-10)17-14(19)12-9-16-7-6-13(12)18/h3-9H,2H2,1H3,(H,16,18)(H,17,19). The monoisotopic (exact) mass is 286 g/mol. The average molecular weight is 286 g/mol. The lowest BCUT2D eigenvalue weighted by atomic mass is 10.2. The van der Waals surface area contributed by atoms with Gasteiger partial charge in [-0.15, -0.1) is 0 Å². The Balaban J connectivity index is 2.19. The normalized spacial score (nSPS) is 9.95. The van der Waals surface area contributed by atoms with E-state index < -0.39 is 11.9 Å². The van der Waals surface area contributed by atoms with Gasteiger partial charge in [0.25, 0.3) is 5.91 Å². The molecule has 2 rings (SSSR count). The summed E-state index contributed by atoms with van der Waals surface area (Å²) in [5.74, 6) is -1.01. The first-order valence-electron chi connectivity index (χ1n) is 6.37. The van der Waals surface area contributed by atoms with Crippen LogP contribution in [0.2, 0.25) is 0 Å². The highest BCUT2D eigenvalue weighted by molar-refractivity contribution is 6.04. The highest BCUT2D eigenvalue weighted by atomic mass is 16.5. The third kappa shape index (κ3) is 3.56. The summed E-state index contributed by atoms with van der Waals surface area (Å²) in [5.41, 5.74) is 0.359. The second-order valence-corrected chi connectivity index (χ2v) is 4.18. The van der Waals surface area contributed by atoms with Gasteiger partial charge in [0.15, 0.2) is 5.43 Å². The number of aromatic amines is 1. The zero-order chi connectivity index (χ0) is 15.2. The van der Waals surface area contributed by atoms with Crippen LogP contribution in [0.3, 0.4) is 0 Å². The van der Waals surface area contributed by atoms with Crippen LogP contribution in [0.4, 0.5) is 5.69 Å². The van der Waals surface area contributed by atoms with Crippen LogP contribution < -0.4 is 10.7 Å². The molecular weight excluding hydrogens is 272 g/mol. The lowest BCUT2D eigenvalue weighted by Gasteiger charge is -2.07. The van der Waals surface area contributed by atoms with Gasteiger partial charge < -0.3 is 15.0 Å². The molecule has 1 heterocycles. The number of benzene rings is 1. The molecule has 2 N–H and O–H groups in total. The summed E-state index contributed by atoms with van der Waals surface area (Å²) >= 11 is 0. The Morgan fingerprint density at radius 3 is 2.81 bits per heavy atom. The first-order valence-corrected chi connectivity index (χ1v) is 6.37. The molecule has 0 saturated carbocycles. The minimum absolute atomic E-state index is 0.000891. The van der Waals surface area contributed by atoms with Gasteiger partial charge in [0.05, 0.1) is 12.2 Å². The van der Waals surface area contributed by atoms with E-state index >= 15 is 0 Å². The molecule has 0 fully saturated rings. The zero-order valence-electron chi connectivity index (χ0n) is 11.4. The fraction of sp³-hybridized carbons (Fsp3) is 0.133. The molecule has 6 heteroatoms. The number of carbonyl (C=O) groups is 2. The maximum Gasteiger partial charge on any atom is 0.338 e. The number of esters is 1. The molecular formula is C15H14N2O4. The largest absolute Gasteiger partial charge is 0.462 e. The molecule has 0 bridgehead atoms. The van der Waals surface area contributed by atoms with E-state index in [2.05, 4.69) is 10.3 Å². The fourth-order valence-corrected chi connectivity index (χ4v) is 1.73. The van der Waals surface area contributed by atoms with Gasteiger partial charge in [-0.2, -0.15) is 0 Å². The highest BCUT2D eigenvalue weighted by Gasteiger charge is 2.11. The molecule has 0 radical (unpaired) electrons. The first kappa shape index (κ1) is 14.5. The smallest absolute Gasteiger partial charge is 0.338 e. The number of ether oxygens (including phenoxy) is 1. The molecule has 0 spiro atoms. The van der Waals surface area contributed by atoms with Crippen LogP contribution >= 0.6 is 0 Å². The van der Waals surface area contributed by atoms with Gasteiger partial charge >= 0.3 is 5.97 Å². The number of hydrogen-bond acceptors (Lipinski definition) is 4. The van der Waals surface area contributed by atoms with Gasteiger partial charge in [-0.25, -0.2) is 4.79 Å². The van der Waals surface area contributed by atoms with E-state index in [1.165, 1.54) is 24.5 Å². The zero-order valence-corrected chi connectivity index (χ0v) is 11.4. The van der Waals surface area contributed by atoms with E-state index in [0.717, 1.165) is 0 Å². The minimum Gasteiger partial charge on any atom is -0.462 e. The molecule has 0 aliphatic carbocycles. The van der Waals surface area contributed by atoms with Crippen molar-refractivity contribution in [3.63, 3.8) is 0 Å². The van der Waals surface area contributed by atoms with Crippen LogP contribution in [0.1, 0.15) is 27.6 Å². The summed E-state index contributed by atoms with van der Waals surface area (Å²) in [6.07, 6.45) is 2.77. The molecule has 1 aromatic heterocycles. The Kier molecular flexibility index (Phi) is 4.50. The summed E-state index contributed by atoms with van der Waals surface area (Å²) < 4.78 is 4.89. The Labute approximate surface area is 120 Å². The summed E-state index contributed by atoms with van der Waals surface area (Å²) in [4.78, 5) is 37.8. The van der Waals surface area contributed by atoms with Crippen LogP contribution in [0.15, 0.2) is 47.5 Å². The van der Waals surface area contributed by atoms with Crippen molar-refractivity contribution in [2.75, 3.05) is 11.9 Å². The van der Waals surface area contributed by atoms with E-state index in [-0.39, 0.29) is 17.6 Å². The Morgan fingerprint density at radius 2 is 2.10 bits per heavy atom. The van der Waals surface area contributed by atoms with Crippen LogP contribution in [0, 0.1) is 0 Å². The van der Waals surface area contributed by atoms with Crippen LogP contribution in [-0.2, 0) is 4.74 Å². The molecule has 0 atom stereocenters. The van der Waals surface area contributed by atoms with Crippen molar-refractivity contribution in [2.24, 2.45) is 0 Å². The number of rotatable bonds is 4. The molecule has 0 unspecified atom stereocenters. The van der Waals surface area contributed by atoms with Crippen molar-refractivity contribution in [1.29, 1.82) is 0 Å². The molecule has 108 valence electrons. The Morgan fingerprint density at radius 1 is 1.29 bits per heavy atom. The van der Waals surface area contributed by atoms with Crippen molar-refractivity contribution < 1.29 is 14.3 Å². The molecule has 21 heavy (non-hydrogen) atoms. The number of hydrogen-bond donors (Lipinski definition) is 2. The average Bonchev–Trinajstić information content (AvgIpc) is 2.48. The second-order valence-electron chi connectivity index (χ2n) is 4.18. The molecule has 2 aromatic rings. The molecule has 0 aliphatic heterocycles. The predicted octanol–water partition coefficient (Wildman–Crippen LogP) is 1.80. The minimum atomic E-state index is -0.544. The number of carbonyl (C=O) groups excluding carboxylic acids is 2. The van der Waals surface area contributed by atoms with E-state index in [4.69, 9.17) is 4.74 Å². The van der Waals surface area contributed by atoms with Crippen molar-refractivity contribution in [1.82, 2.24) is 4.98 Å². The third-order valence-electron chi connectivity index (χ3n) is 2.70. The summed E-state index contributed by atoms with van der Waals surface area (Å²) in [6.45, 7) is 1.99. The molecule has 1 amide bonds. The first-order chi connectivity index (χ1) is 10.1. The van der Waals surface area contributed by atoms with E-state index in [9.17, 15) is 14.4 Å². The quantitative estimate of drug-likeness (QED) is 0.839. The number of aromatic nitrogens is 1. The maximum absolute atomic E-state index is 12.0. The SMILES string of the molecule is CCOC(=O)c1cccc(NC(=O)c2c[nH]ccc2=O)c1. The van der Waals surface area contributed by atoms with Crippen molar-refractivity contribution >= 4 is 17.6 Å². The second kappa shape index (κ2) is 6.51. The van der Waals surface area contributed by atoms with Crippen molar-refractivity contribution in [3.8, 4) is 0 Å². The Hall–Kier alpha value is -2.89. The summed E-state index contributed by atoms with van der Waals surface area (Å²) in [6, 6.07) is 7.59. The number of H-pyrrole nitrogens is 1. The van der Waals surface area contributed by atoms with E-state index in [1.807, 2.05) is 0 Å². The van der Waals surface area contributed by atoms with Gasteiger partial charge in [0.2, 0.25) is 0 Å². The van der Waals surface area contributed by atoms with E-state index in [0.29, 0.717) is 11.3 Å². The van der Waals surface area contributed by atoms with Gasteiger partial charge in [0.1, 0.15) is 5.56 Å². The van der Waals surface area contributed by atoms with Crippen LogP contribution in [-0.4, -0.2) is 23.5 Å². The molecule has 0 aliphatic rings. The van der Waals surface area contributed by atoms with Gasteiger partial charge in [-0.3, -0.25) is 9.59 Å². The predicted molar refractivity (Wildman–Crippen MR) is 77.4 cm³/mol. The highest BCUT2D eigenvalue weighted by Crippen LogP contribution is 2.12. The number of anilines is 1. The lowest BCUT2D eigenvalue weighted by Crippen LogP contribution is -2.21. The molecule has 1 aromatic carbocycles. The summed E-state index contributed by atoms with van der Waals surface area (Å²) in [5, 5.41) is 2.57. The van der Waals surface area contributed by atoms with Crippen LogP contribution in [0.25, 0.3) is 0 Å². The number of nitrogens with one attached hydrogen (secondary N) is 2. The lowest BCUT2D eigenvalue weighted by molar-refractivity contribution is 0.0526. The summed E-state index contributed by atoms with van der Waals surface area (Å²) in [7, 11) is 0. The van der Waals surface area contributed by atoms with Gasteiger partial charge in [-0.05, 0) is 25.1 Å². The van der Waals surface area contributed by atoms with Crippen molar-refractivity contribution in [3.05, 3.63) is 64.1 Å². The fourth-order valence-electron chi connectivity index (χ4n) is 1.73. The third-order valence-corrected chi connectivity index (χ3v) is 2.70. The Bertz CT molecular complexity index is 721. The number of amides is 1. The van der Waals surface area contributed by atoms with Crippen molar-refractivity contribution in [2.45, 2.75) is 6.92 Å². The van der Waals surface area contributed by atoms with E-state index in [1.54, 1.807) is 25.1 Å². The maximum atomic E-state index is 12.0. The van der Waals surface area contributed by atoms with Gasteiger partial charge in [0, 0.05) is 24.1 Å². The van der Waals surface area contributed by atoms with Crippen LogP contribution in [0.5, 0.6) is 0 Å². The number of pyridine rings is 1. The molecule has 6 nitrogen and oxygen atoms in total. The van der Waals surface area contributed by atoms with Gasteiger partial charge in [-0.1, -0.05) is 6.07 Å².